The zero-order valence-corrected chi connectivity index (χ0v) is 11.0. The first-order chi connectivity index (χ1) is 8.76. The zero-order valence-electron chi connectivity index (χ0n) is 11.0. The van der Waals surface area contributed by atoms with Gasteiger partial charge in [-0.2, -0.15) is 0 Å². The highest BCUT2D eigenvalue weighted by molar-refractivity contribution is 5.76. The summed E-state index contributed by atoms with van der Waals surface area (Å²) in [6.07, 6.45) is 1.65. The lowest BCUT2D eigenvalue weighted by Gasteiger charge is -2.18. The van der Waals surface area contributed by atoms with Crippen LogP contribution in [0.1, 0.15) is 13.8 Å². The van der Waals surface area contributed by atoms with Gasteiger partial charge in [0.15, 0.2) is 0 Å². The molecule has 0 aliphatic rings. The lowest BCUT2D eigenvalue weighted by molar-refractivity contribution is 0.289. The molecule has 96 valence electrons. The van der Waals surface area contributed by atoms with Crippen LogP contribution in [0.5, 0.6) is 0 Å². The molecule has 2 aromatic rings. The van der Waals surface area contributed by atoms with E-state index in [1.54, 1.807) is 10.9 Å². The average molecular weight is 245 g/mol. The second-order valence-electron chi connectivity index (χ2n) is 4.29. The average Bonchev–Trinajstić information content (AvgIpc) is 2.42. The maximum absolute atomic E-state index is 12.2. The summed E-state index contributed by atoms with van der Waals surface area (Å²) in [6.45, 7) is 7.85. The van der Waals surface area contributed by atoms with Crippen molar-refractivity contribution in [1.82, 2.24) is 14.5 Å². The smallest absolute Gasteiger partial charge is 0.261 e. The monoisotopic (exact) mass is 245 g/mol. The second-order valence-corrected chi connectivity index (χ2v) is 4.29. The van der Waals surface area contributed by atoms with Crippen LogP contribution in [0.3, 0.4) is 0 Å². The Balaban J connectivity index is 2.24. The fourth-order valence-electron chi connectivity index (χ4n) is 2.05. The molecule has 0 radical (unpaired) electrons. The van der Waals surface area contributed by atoms with Crippen molar-refractivity contribution in [2.75, 3.05) is 19.6 Å². The number of nitrogens with zero attached hydrogens (tertiary/aromatic N) is 3. The van der Waals surface area contributed by atoms with Crippen LogP contribution in [0, 0.1) is 0 Å². The van der Waals surface area contributed by atoms with Crippen LogP contribution in [-0.2, 0) is 6.54 Å². The molecule has 0 saturated heterocycles. The van der Waals surface area contributed by atoms with E-state index in [0.717, 1.165) is 25.2 Å². The molecule has 18 heavy (non-hydrogen) atoms. The first-order valence-electron chi connectivity index (χ1n) is 6.42. The molecule has 0 fully saturated rings. The van der Waals surface area contributed by atoms with Crippen LogP contribution in [-0.4, -0.2) is 34.1 Å². The Bertz CT molecular complexity index is 573. The second kappa shape index (κ2) is 5.78. The van der Waals surface area contributed by atoms with Gasteiger partial charge in [-0.3, -0.25) is 9.36 Å². The van der Waals surface area contributed by atoms with Crippen LogP contribution in [0.2, 0.25) is 0 Å². The summed E-state index contributed by atoms with van der Waals surface area (Å²) in [5.41, 5.74) is 0.814. The Kier molecular flexibility index (Phi) is 4.10. The first kappa shape index (κ1) is 12.8. The van der Waals surface area contributed by atoms with Crippen molar-refractivity contribution in [3.8, 4) is 0 Å². The number of rotatable bonds is 5. The molecular formula is C14H19N3O. The Labute approximate surface area is 107 Å². The Morgan fingerprint density at radius 3 is 2.67 bits per heavy atom. The number of aromatic nitrogens is 2. The van der Waals surface area contributed by atoms with Gasteiger partial charge in [0.1, 0.15) is 0 Å². The van der Waals surface area contributed by atoms with Crippen molar-refractivity contribution in [3.05, 3.63) is 40.9 Å². The van der Waals surface area contributed by atoms with E-state index in [2.05, 4.69) is 23.7 Å². The lowest BCUT2D eigenvalue weighted by atomic mass is 10.2. The summed E-state index contributed by atoms with van der Waals surface area (Å²) in [5.74, 6) is 0. The molecule has 4 heteroatoms. The van der Waals surface area contributed by atoms with E-state index in [1.165, 1.54) is 0 Å². The summed E-state index contributed by atoms with van der Waals surface area (Å²) in [4.78, 5) is 18.8. The van der Waals surface area contributed by atoms with Gasteiger partial charge in [0, 0.05) is 13.1 Å². The van der Waals surface area contributed by atoms with Crippen LogP contribution in [0.25, 0.3) is 10.9 Å². The van der Waals surface area contributed by atoms with E-state index in [1.807, 2.05) is 24.3 Å². The van der Waals surface area contributed by atoms with Crippen LogP contribution < -0.4 is 5.56 Å². The first-order valence-corrected chi connectivity index (χ1v) is 6.42. The van der Waals surface area contributed by atoms with Gasteiger partial charge < -0.3 is 4.90 Å². The molecule has 1 aromatic heterocycles. The number of benzene rings is 1. The third-order valence-corrected chi connectivity index (χ3v) is 3.28. The van der Waals surface area contributed by atoms with Crippen molar-refractivity contribution >= 4 is 10.9 Å². The normalized spacial score (nSPS) is 11.3. The van der Waals surface area contributed by atoms with Gasteiger partial charge in [-0.05, 0) is 25.2 Å². The SMILES string of the molecule is CCN(CC)CCn1cnc2ccccc2c1=O. The summed E-state index contributed by atoms with van der Waals surface area (Å²) in [6, 6.07) is 7.47. The molecule has 1 heterocycles. The highest BCUT2D eigenvalue weighted by atomic mass is 16.1. The highest BCUT2D eigenvalue weighted by Gasteiger charge is 2.04. The summed E-state index contributed by atoms with van der Waals surface area (Å²) in [7, 11) is 0. The zero-order chi connectivity index (χ0) is 13.0. The van der Waals surface area contributed by atoms with Crippen molar-refractivity contribution in [2.45, 2.75) is 20.4 Å². The molecule has 0 spiro atoms. The minimum absolute atomic E-state index is 0.0488. The number of likely N-dealkylation sites (N-methyl/N-ethyl adjacent to an activating group) is 1. The Morgan fingerprint density at radius 1 is 1.22 bits per heavy atom. The molecule has 1 aromatic carbocycles. The molecule has 0 amide bonds. The number of hydrogen-bond donors (Lipinski definition) is 0. The van der Waals surface area contributed by atoms with Crippen LogP contribution in [0.4, 0.5) is 0 Å². The van der Waals surface area contributed by atoms with Crippen LogP contribution in [0.15, 0.2) is 35.4 Å². The van der Waals surface area contributed by atoms with Gasteiger partial charge in [-0.15, -0.1) is 0 Å². The van der Waals surface area contributed by atoms with E-state index in [-0.39, 0.29) is 5.56 Å². The third kappa shape index (κ3) is 2.59. The standard InChI is InChI=1S/C14H19N3O/c1-3-16(4-2)9-10-17-11-15-13-8-6-5-7-12(13)14(17)18/h5-8,11H,3-4,9-10H2,1-2H3. The van der Waals surface area contributed by atoms with Crippen molar-refractivity contribution in [1.29, 1.82) is 0 Å². The molecule has 0 unspecified atom stereocenters. The van der Waals surface area contributed by atoms with Gasteiger partial charge in [0.05, 0.1) is 17.2 Å². The van der Waals surface area contributed by atoms with Gasteiger partial charge in [0.25, 0.3) is 5.56 Å². The number of para-hydroxylation sites is 1. The van der Waals surface area contributed by atoms with Gasteiger partial charge in [-0.25, -0.2) is 4.98 Å². The third-order valence-electron chi connectivity index (χ3n) is 3.28. The summed E-state index contributed by atoms with van der Waals surface area (Å²) >= 11 is 0. The van der Waals surface area contributed by atoms with E-state index < -0.39 is 0 Å². The summed E-state index contributed by atoms with van der Waals surface area (Å²) in [5, 5.41) is 0.694. The predicted molar refractivity (Wildman–Crippen MR) is 73.8 cm³/mol. The molecular weight excluding hydrogens is 226 g/mol. The topological polar surface area (TPSA) is 38.1 Å². The van der Waals surface area contributed by atoms with Crippen molar-refractivity contribution in [3.63, 3.8) is 0 Å². The number of hydrogen-bond acceptors (Lipinski definition) is 3. The molecule has 2 rings (SSSR count). The minimum atomic E-state index is 0.0488. The molecule has 0 N–H and O–H groups in total. The van der Waals surface area contributed by atoms with Crippen molar-refractivity contribution < 1.29 is 0 Å². The molecule has 0 bridgehead atoms. The van der Waals surface area contributed by atoms with E-state index in [9.17, 15) is 4.79 Å². The fraction of sp³-hybridized carbons (Fsp3) is 0.429. The van der Waals surface area contributed by atoms with Gasteiger partial charge >= 0.3 is 0 Å². The minimum Gasteiger partial charge on any atom is -0.302 e. The molecule has 0 atom stereocenters. The Hall–Kier alpha value is -1.68. The van der Waals surface area contributed by atoms with Gasteiger partial charge in [-0.1, -0.05) is 26.0 Å². The van der Waals surface area contributed by atoms with Gasteiger partial charge in [0.2, 0.25) is 0 Å². The molecule has 4 nitrogen and oxygen atoms in total. The molecule has 0 saturated carbocycles. The fourth-order valence-corrected chi connectivity index (χ4v) is 2.05. The molecule has 0 aliphatic heterocycles. The number of fused-ring (bicyclic) bond motifs is 1. The lowest BCUT2D eigenvalue weighted by Crippen LogP contribution is -2.31. The quantitative estimate of drug-likeness (QED) is 0.805. The van der Waals surface area contributed by atoms with E-state index in [0.29, 0.717) is 11.9 Å². The largest absolute Gasteiger partial charge is 0.302 e. The maximum atomic E-state index is 12.2. The maximum Gasteiger partial charge on any atom is 0.261 e. The Morgan fingerprint density at radius 2 is 1.94 bits per heavy atom. The van der Waals surface area contributed by atoms with Crippen LogP contribution >= 0.6 is 0 Å². The van der Waals surface area contributed by atoms with E-state index in [4.69, 9.17) is 0 Å². The highest BCUT2D eigenvalue weighted by Crippen LogP contribution is 2.04. The predicted octanol–water partition coefficient (Wildman–Crippen LogP) is 1.74. The van der Waals surface area contributed by atoms with E-state index >= 15 is 0 Å². The summed E-state index contributed by atoms with van der Waals surface area (Å²) < 4.78 is 1.70. The van der Waals surface area contributed by atoms with Crippen molar-refractivity contribution in [2.24, 2.45) is 0 Å². The molecule has 0 aliphatic carbocycles.